The summed E-state index contributed by atoms with van der Waals surface area (Å²) in [6, 6.07) is 0. The van der Waals surface area contributed by atoms with Gasteiger partial charge in [-0.1, -0.05) is 0 Å². The second-order valence-electron chi connectivity index (χ2n) is 5.32. The Labute approximate surface area is 138 Å². The number of hydrogen-bond donors (Lipinski definition) is 1. The van der Waals surface area contributed by atoms with Crippen molar-refractivity contribution in [2.45, 2.75) is 52.4 Å². The van der Waals surface area contributed by atoms with Crippen LogP contribution >= 0.6 is 0 Å². The van der Waals surface area contributed by atoms with Crippen LogP contribution in [0.15, 0.2) is 43.9 Å². The number of carbonyl (C=O) groups is 2. The Morgan fingerprint density at radius 3 is 2.55 bits per heavy atom. The molecule has 2 aliphatic rings. The molecule has 3 nitrogen and oxygen atoms in total. The standard InChI is InChI=1S/C11H13O3.C7H9.Fe/c1-2-8-4-3-5-9(8)10(12)6-7-11(13)14;1-2-7-5-3-4-6-7;/h5H,2-3,6-7H2,1H3,(H,13,14);3,5H,2,4H2,1H3;. The maximum absolute atomic E-state index is 12.2. The number of carboxylic acids is 1. The van der Waals surface area contributed by atoms with E-state index in [4.69, 9.17) is 5.11 Å². The number of Topliss-reactive ketones (excluding diaryl/α,β-unsaturated/α-hetero) is 1. The molecule has 0 amide bonds. The number of allylic oxidation sites excluding steroid dienone is 8. The molecule has 2 rings (SSSR count). The Balaban J connectivity index is 2.11. The zero-order chi connectivity index (χ0) is 16.1. The van der Waals surface area contributed by atoms with E-state index in [0.717, 1.165) is 51.8 Å². The molecular weight excluding hydrogens is 320 g/mol. The second kappa shape index (κ2) is 7.75. The fraction of sp³-hybridized carbons (Fsp3) is 0.444. The molecule has 0 saturated heterocycles. The summed E-state index contributed by atoms with van der Waals surface area (Å²) in [4.78, 5) is 22.9. The van der Waals surface area contributed by atoms with E-state index in [1.165, 1.54) is 14.5 Å². The van der Waals surface area contributed by atoms with E-state index in [1.807, 2.05) is 6.08 Å². The number of hydrogen-bond acceptors (Lipinski definition) is 2. The molecule has 0 aromatic carbocycles. The quantitative estimate of drug-likeness (QED) is 0.675. The summed E-state index contributed by atoms with van der Waals surface area (Å²) < 4.78 is 2.81. The van der Waals surface area contributed by atoms with E-state index in [-0.39, 0.29) is 18.6 Å². The summed E-state index contributed by atoms with van der Waals surface area (Å²) in [5.41, 5.74) is 3.34. The Kier molecular flexibility index (Phi) is 5.98. The SMILES string of the molecule is CCC1=[C]([Fe][C]2=C(CC)C(C(=O)CCC(=O)O)=CC2)CC=C1. The molecule has 0 aromatic heterocycles. The molecule has 4 heteroatoms. The molecular formula is C18H22FeO3. The van der Waals surface area contributed by atoms with Crippen molar-refractivity contribution in [1.82, 2.24) is 0 Å². The molecule has 0 atom stereocenters. The van der Waals surface area contributed by atoms with Crippen LogP contribution in [0.2, 0.25) is 0 Å². The molecule has 0 heterocycles. The maximum atomic E-state index is 12.2. The van der Waals surface area contributed by atoms with Gasteiger partial charge in [0.1, 0.15) is 0 Å². The monoisotopic (exact) mass is 342 g/mol. The summed E-state index contributed by atoms with van der Waals surface area (Å²) in [6.45, 7) is 4.24. The first-order chi connectivity index (χ1) is 10.6. The first-order valence-electron chi connectivity index (χ1n) is 7.75. The van der Waals surface area contributed by atoms with Crippen LogP contribution in [0.5, 0.6) is 0 Å². The number of carboxylic acid groups (broad SMARTS) is 1. The third-order valence-corrected chi connectivity index (χ3v) is 5.70. The Morgan fingerprint density at radius 1 is 1.14 bits per heavy atom. The third-order valence-electron chi connectivity index (χ3n) is 3.89. The van der Waals surface area contributed by atoms with E-state index >= 15 is 0 Å². The van der Waals surface area contributed by atoms with Crippen LogP contribution in [-0.2, 0) is 24.5 Å². The van der Waals surface area contributed by atoms with Crippen molar-refractivity contribution in [3.05, 3.63) is 43.9 Å². The fourth-order valence-electron chi connectivity index (χ4n) is 2.73. The average Bonchev–Trinajstić information content (AvgIpc) is 3.11. The van der Waals surface area contributed by atoms with Crippen LogP contribution < -0.4 is 0 Å². The van der Waals surface area contributed by atoms with Crippen molar-refractivity contribution < 1.29 is 29.7 Å². The second-order valence-corrected chi connectivity index (χ2v) is 6.93. The first-order valence-corrected chi connectivity index (χ1v) is 8.85. The van der Waals surface area contributed by atoms with Gasteiger partial charge >= 0.3 is 138 Å². The van der Waals surface area contributed by atoms with Crippen LogP contribution in [0.25, 0.3) is 0 Å². The van der Waals surface area contributed by atoms with Crippen molar-refractivity contribution in [3.63, 3.8) is 0 Å². The van der Waals surface area contributed by atoms with Gasteiger partial charge in [-0.15, -0.1) is 0 Å². The minimum atomic E-state index is -0.913. The summed E-state index contributed by atoms with van der Waals surface area (Å²) >= 11 is 0.950. The summed E-state index contributed by atoms with van der Waals surface area (Å²) in [6.07, 6.45) is 10.2. The van der Waals surface area contributed by atoms with Gasteiger partial charge < -0.3 is 0 Å². The van der Waals surface area contributed by atoms with Crippen LogP contribution in [0, 0.1) is 0 Å². The molecule has 120 valence electrons. The molecule has 0 spiro atoms. The zero-order valence-corrected chi connectivity index (χ0v) is 14.2. The number of ketones is 1. The van der Waals surface area contributed by atoms with Gasteiger partial charge in [0.05, 0.1) is 0 Å². The van der Waals surface area contributed by atoms with Gasteiger partial charge in [0, 0.05) is 0 Å². The molecule has 0 unspecified atom stereocenters. The zero-order valence-electron chi connectivity index (χ0n) is 13.1. The van der Waals surface area contributed by atoms with E-state index in [9.17, 15) is 9.59 Å². The Hall–Kier alpha value is -1.38. The van der Waals surface area contributed by atoms with Crippen LogP contribution in [-0.4, -0.2) is 16.9 Å². The van der Waals surface area contributed by atoms with Gasteiger partial charge in [0.2, 0.25) is 0 Å². The van der Waals surface area contributed by atoms with Crippen molar-refractivity contribution in [1.29, 1.82) is 0 Å². The predicted octanol–water partition coefficient (Wildman–Crippen LogP) is 4.12. The predicted molar refractivity (Wildman–Crippen MR) is 83.0 cm³/mol. The Bertz CT molecular complexity index is 606. The molecule has 22 heavy (non-hydrogen) atoms. The fourth-order valence-corrected chi connectivity index (χ4v) is 4.58. The van der Waals surface area contributed by atoms with E-state index in [0.29, 0.717) is 0 Å². The van der Waals surface area contributed by atoms with Crippen molar-refractivity contribution >= 4 is 11.8 Å². The molecule has 0 aliphatic heterocycles. The normalized spacial score (nSPS) is 17.6. The van der Waals surface area contributed by atoms with Crippen LogP contribution in [0.4, 0.5) is 0 Å². The third kappa shape index (κ3) is 3.88. The van der Waals surface area contributed by atoms with Gasteiger partial charge in [-0.2, -0.15) is 0 Å². The van der Waals surface area contributed by atoms with Crippen molar-refractivity contribution in [2.75, 3.05) is 0 Å². The van der Waals surface area contributed by atoms with E-state index in [2.05, 4.69) is 26.0 Å². The summed E-state index contributed by atoms with van der Waals surface area (Å²) in [5, 5.41) is 8.73. The summed E-state index contributed by atoms with van der Waals surface area (Å²) in [5.74, 6) is -0.938. The van der Waals surface area contributed by atoms with Crippen LogP contribution in [0.1, 0.15) is 52.4 Å². The molecule has 0 aromatic rings. The molecule has 0 saturated carbocycles. The number of aliphatic carboxylic acids is 1. The number of rotatable bonds is 8. The summed E-state index contributed by atoms with van der Waals surface area (Å²) in [7, 11) is 0. The molecule has 0 radical (unpaired) electrons. The van der Waals surface area contributed by atoms with Gasteiger partial charge in [0.15, 0.2) is 0 Å². The van der Waals surface area contributed by atoms with Gasteiger partial charge in [-0.25, -0.2) is 0 Å². The minimum absolute atomic E-state index is 0.0245. The van der Waals surface area contributed by atoms with E-state index < -0.39 is 5.97 Å². The molecule has 0 bridgehead atoms. The van der Waals surface area contributed by atoms with Gasteiger partial charge in [-0.05, 0) is 0 Å². The first kappa shape index (κ1) is 17.0. The van der Waals surface area contributed by atoms with Gasteiger partial charge in [-0.3, -0.25) is 0 Å². The van der Waals surface area contributed by atoms with Gasteiger partial charge in [0.25, 0.3) is 0 Å². The van der Waals surface area contributed by atoms with Crippen LogP contribution in [0.3, 0.4) is 0 Å². The molecule has 0 fully saturated rings. The molecule has 1 N–H and O–H groups in total. The Morgan fingerprint density at radius 2 is 1.91 bits per heavy atom. The van der Waals surface area contributed by atoms with E-state index in [1.54, 1.807) is 0 Å². The average molecular weight is 342 g/mol. The molecule has 2 aliphatic carbocycles. The van der Waals surface area contributed by atoms with Crippen molar-refractivity contribution in [3.8, 4) is 0 Å². The number of carbonyl (C=O) groups excluding carboxylic acids is 1. The topological polar surface area (TPSA) is 54.4 Å². The van der Waals surface area contributed by atoms with Crippen molar-refractivity contribution in [2.24, 2.45) is 0 Å².